The molecule has 2 N–H and O–H groups in total. The second-order valence-corrected chi connectivity index (χ2v) is 4.73. The molecule has 2 rings (SSSR count). The van der Waals surface area contributed by atoms with E-state index in [1.165, 1.54) is 18.7 Å². The molecule has 6 nitrogen and oxygen atoms in total. The first kappa shape index (κ1) is 13.0. The summed E-state index contributed by atoms with van der Waals surface area (Å²) >= 11 is 5.98. The Hall–Kier alpha value is -1.40. The predicted molar refractivity (Wildman–Crippen MR) is 70.0 cm³/mol. The zero-order valence-electron chi connectivity index (χ0n) is 9.86. The Morgan fingerprint density at radius 1 is 1.56 bits per heavy atom. The van der Waals surface area contributed by atoms with Crippen molar-refractivity contribution in [2.75, 3.05) is 18.4 Å². The number of rotatable bonds is 3. The van der Waals surface area contributed by atoms with Crippen molar-refractivity contribution in [3.63, 3.8) is 0 Å². The fraction of sp³-hybridized carbons (Fsp3) is 0.545. The van der Waals surface area contributed by atoms with Crippen LogP contribution in [0.25, 0.3) is 0 Å². The van der Waals surface area contributed by atoms with Gasteiger partial charge in [-0.25, -0.2) is 4.98 Å². The third-order valence-electron chi connectivity index (χ3n) is 2.93. The summed E-state index contributed by atoms with van der Waals surface area (Å²) in [6.07, 6.45) is 4.58. The Labute approximate surface area is 110 Å². The lowest BCUT2D eigenvalue weighted by atomic mass is 10.1. The van der Waals surface area contributed by atoms with E-state index >= 15 is 0 Å². The number of nitro groups is 1. The van der Waals surface area contributed by atoms with E-state index in [1.807, 2.05) is 0 Å². The number of aromatic nitrogens is 1. The normalized spacial score (nSPS) is 20.2. The molecule has 0 bridgehead atoms. The van der Waals surface area contributed by atoms with Crippen LogP contribution in [-0.2, 0) is 0 Å². The number of nitrogens with one attached hydrogen (secondary N) is 2. The number of hydrogen-bond donors (Lipinski definition) is 2. The third-order valence-corrected chi connectivity index (χ3v) is 3.21. The van der Waals surface area contributed by atoms with E-state index in [4.69, 9.17) is 11.6 Å². The van der Waals surface area contributed by atoms with Crippen LogP contribution in [0.2, 0.25) is 5.02 Å². The lowest BCUT2D eigenvalue weighted by Gasteiger charge is -2.17. The van der Waals surface area contributed by atoms with Gasteiger partial charge in [-0.05, 0) is 19.4 Å². The molecule has 1 aliphatic heterocycles. The van der Waals surface area contributed by atoms with Gasteiger partial charge in [0.1, 0.15) is 12.0 Å². The van der Waals surface area contributed by atoms with Gasteiger partial charge in [0.15, 0.2) is 0 Å². The zero-order valence-corrected chi connectivity index (χ0v) is 10.6. The van der Waals surface area contributed by atoms with Gasteiger partial charge in [0.2, 0.25) is 0 Å². The van der Waals surface area contributed by atoms with Gasteiger partial charge in [0, 0.05) is 18.7 Å². The molecule has 0 aromatic carbocycles. The Morgan fingerprint density at radius 2 is 2.39 bits per heavy atom. The van der Waals surface area contributed by atoms with Crippen LogP contribution in [0.5, 0.6) is 0 Å². The molecule has 1 unspecified atom stereocenters. The quantitative estimate of drug-likeness (QED) is 0.650. The molecule has 18 heavy (non-hydrogen) atoms. The molecule has 1 fully saturated rings. The van der Waals surface area contributed by atoms with E-state index in [0.29, 0.717) is 5.82 Å². The average molecular weight is 271 g/mol. The van der Waals surface area contributed by atoms with Crippen molar-refractivity contribution >= 4 is 23.1 Å². The Morgan fingerprint density at radius 3 is 3.11 bits per heavy atom. The maximum atomic E-state index is 10.6. The lowest BCUT2D eigenvalue weighted by molar-refractivity contribution is -0.385. The molecule has 98 valence electrons. The summed E-state index contributed by atoms with van der Waals surface area (Å²) in [7, 11) is 0. The molecule has 7 heteroatoms. The molecule has 0 aliphatic carbocycles. The van der Waals surface area contributed by atoms with Gasteiger partial charge in [-0.15, -0.1) is 0 Å². The SMILES string of the molecule is O=[N+]([O-])c1cnc(NC2CCCCNC2)c(Cl)c1. The van der Waals surface area contributed by atoms with Crippen LogP contribution in [0.4, 0.5) is 11.5 Å². The molecular formula is C11H15ClN4O2. The smallest absolute Gasteiger partial charge is 0.289 e. The molecule has 0 radical (unpaired) electrons. The number of hydrogen-bond acceptors (Lipinski definition) is 5. The highest BCUT2D eigenvalue weighted by Gasteiger charge is 2.15. The summed E-state index contributed by atoms with van der Waals surface area (Å²) in [6, 6.07) is 1.58. The largest absolute Gasteiger partial charge is 0.365 e. The van der Waals surface area contributed by atoms with E-state index < -0.39 is 4.92 Å². The van der Waals surface area contributed by atoms with Crippen LogP contribution < -0.4 is 10.6 Å². The second-order valence-electron chi connectivity index (χ2n) is 4.32. The first-order valence-corrected chi connectivity index (χ1v) is 6.32. The minimum atomic E-state index is -0.504. The number of anilines is 1. The maximum absolute atomic E-state index is 10.6. The molecule has 0 saturated carbocycles. The Kier molecular flexibility index (Phi) is 4.33. The lowest BCUT2D eigenvalue weighted by Crippen LogP contribution is -2.31. The van der Waals surface area contributed by atoms with E-state index in [2.05, 4.69) is 15.6 Å². The van der Waals surface area contributed by atoms with Gasteiger partial charge in [-0.2, -0.15) is 0 Å². The summed E-state index contributed by atoms with van der Waals surface area (Å²) in [6.45, 7) is 1.88. The van der Waals surface area contributed by atoms with Crippen LogP contribution in [-0.4, -0.2) is 29.0 Å². The highest BCUT2D eigenvalue weighted by atomic mass is 35.5. The predicted octanol–water partition coefficient (Wildman–Crippen LogP) is 2.20. The zero-order chi connectivity index (χ0) is 13.0. The standard InChI is InChI=1S/C11H15ClN4O2/c12-10-5-9(16(17)18)7-14-11(10)15-8-3-1-2-4-13-6-8/h5,7-8,13H,1-4,6H2,(H,14,15). The van der Waals surface area contributed by atoms with Crippen LogP contribution in [0.3, 0.4) is 0 Å². The van der Waals surface area contributed by atoms with Gasteiger partial charge < -0.3 is 10.6 Å². The van der Waals surface area contributed by atoms with E-state index in [1.54, 1.807) is 0 Å². The van der Waals surface area contributed by atoms with Gasteiger partial charge in [-0.3, -0.25) is 10.1 Å². The van der Waals surface area contributed by atoms with Crippen LogP contribution >= 0.6 is 11.6 Å². The summed E-state index contributed by atoms with van der Waals surface area (Å²) in [5, 5.41) is 17.4. The van der Waals surface area contributed by atoms with Gasteiger partial charge in [-0.1, -0.05) is 18.0 Å². The number of nitrogens with zero attached hydrogens (tertiary/aromatic N) is 2. The summed E-state index contributed by atoms with van der Waals surface area (Å²) in [5.74, 6) is 0.510. The Bertz CT molecular complexity index is 433. The first-order valence-electron chi connectivity index (χ1n) is 5.94. The van der Waals surface area contributed by atoms with Crippen molar-refractivity contribution in [1.29, 1.82) is 0 Å². The van der Waals surface area contributed by atoms with Gasteiger partial charge in [0.25, 0.3) is 5.69 Å². The van der Waals surface area contributed by atoms with Gasteiger partial charge >= 0.3 is 0 Å². The van der Waals surface area contributed by atoms with Crippen molar-refractivity contribution in [3.05, 3.63) is 27.4 Å². The second kappa shape index (κ2) is 5.97. The van der Waals surface area contributed by atoms with Crippen LogP contribution in [0.15, 0.2) is 12.3 Å². The van der Waals surface area contributed by atoms with Gasteiger partial charge in [0.05, 0.1) is 9.95 Å². The molecule has 1 aromatic heterocycles. The molecule has 1 aliphatic rings. The molecule has 0 amide bonds. The van der Waals surface area contributed by atoms with Crippen molar-refractivity contribution in [3.8, 4) is 0 Å². The fourth-order valence-electron chi connectivity index (χ4n) is 1.97. The van der Waals surface area contributed by atoms with Crippen molar-refractivity contribution in [2.45, 2.75) is 25.3 Å². The topological polar surface area (TPSA) is 80.1 Å². The van der Waals surface area contributed by atoms with Crippen LogP contribution in [0.1, 0.15) is 19.3 Å². The molecular weight excluding hydrogens is 256 g/mol. The molecule has 1 saturated heterocycles. The maximum Gasteiger partial charge on any atom is 0.289 e. The molecule has 1 aromatic rings. The third kappa shape index (κ3) is 3.30. The van der Waals surface area contributed by atoms with E-state index in [0.717, 1.165) is 25.9 Å². The van der Waals surface area contributed by atoms with E-state index in [-0.39, 0.29) is 16.8 Å². The minimum absolute atomic E-state index is 0.0930. The molecule has 0 spiro atoms. The van der Waals surface area contributed by atoms with Crippen molar-refractivity contribution < 1.29 is 4.92 Å². The average Bonchev–Trinajstić information content (AvgIpc) is 2.60. The first-order chi connectivity index (χ1) is 8.66. The highest BCUT2D eigenvalue weighted by molar-refractivity contribution is 6.33. The number of halogens is 1. The van der Waals surface area contributed by atoms with E-state index in [9.17, 15) is 10.1 Å². The summed E-state index contributed by atoms with van der Waals surface area (Å²) in [4.78, 5) is 14.1. The van der Waals surface area contributed by atoms with Crippen molar-refractivity contribution in [1.82, 2.24) is 10.3 Å². The Balaban J connectivity index is 2.06. The fourth-order valence-corrected chi connectivity index (χ4v) is 2.18. The van der Waals surface area contributed by atoms with Crippen molar-refractivity contribution in [2.24, 2.45) is 0 Å². The summed E-state index contributed by atoms with van der Waals surface area (Å²) in [5.41, 5.74) is -0.0930. The molecule has 1 atom stereocenters. The van der Waals surface area contributed by atoms with Crippen LogP contribution in [0, 0.1) is 10.1 Å². The summed E-state index contributed by atoms with van der Waals surface area (Å²) < 4.78 is 0. The number of pyridine rings is 1. The highest BCUT2D eigenvalue weighted by Crippen LogP contribution is 2.25. The minimum Gasteiger partial charge on any atom is -0.365 e. The monoisotopic (exact) mass is 270 g/mol. The molecule has 2 heterocycles.